The highest BCUT2D eigenvalue weighted by Gasteiger charge is 2.49. The summed E-state index contributed by atoms with van der Waals surface area (Å²) in [5, 5.41) is 38.8. The lowest BCUT2D eigenvalue weighted by molar-refractivity contribution is -0.205. The molecule has 4 saturated heterocycles. The lowest BCUT2D eigenvalue weighted by Crippen LogP contribution is -2.64. The predicted molar refractivity (Wildman–Crippen MR) is 151 cm³/mol. The van der Waals surface area contributed by atoms with Crippen LogP contribution < -0.4 is 10.6 Å². The Balaban J connectivity index is 1.28. The van der Waals surface area contributed by atoms with Crippen molar-refractivity contribution in [1.82, 2.24) is 15.5 Å². The van der Waals surface area contributed by atoms with Crippen LogP contribution in [0.2, 0.25) is 0 Å². The smallest absolute Gasteiger partial charge is 0.240 e. The van der Waals surface area contributed by atoms with Gasteiger partial charge in [-0.25, -0.2) is 0 Å². The molecule has 2 bridgehead atoms. The first-order valence-corrected chi connectivity index (χ1v) is 16.2. The molecule has 0 aliphatic carbocycles. The molecule has 4 fully saturated rings. The van der Waals surface area contributed by atoms with E-state index in [0.717, 1.165) is 44.8 Å². The van der Waals surface area contributed by atoms with Crippen LogP contribution in [-0.4, -0.2) is 113 Å². The minimum Gasteiger partial charge on any atom is -0.388 e. The molecule has 0 spiro atoms. The van der Waals surface area contributed by atoms with Gasteiger partial charge in [0.2, 0.25) is 5.91 Å². The second kappa shape index (κ2) is 13.5. The van der Waals surface area contributed by atoms with Crippen LogP contribution >= 0.6 is 11.8 Å². The number of aliphatic hydroxyl groups is 3. The van der Waals surface area contributed by atoms with Crippen molar-refractivity contribution in [3.05, 3.63) is 12.2 Å². The molecule has 5 aliphatic heterocycles. The monoisotopic (exact) mass is 567 g/mol. The molecule has 0 aromatic carbocycles. The Bertz CT molecular complexity index is 842. The molecule has 0 radical (unpaired) electrons. The SMILES string of the molecule is CC(C)C[C@@H]1CCO[C@@H]2[C@H](CN[C@@H]2C(=O)N[C@@H]2C/C=C\C(CN3CCCC3)CSC3OC2C(O)C(O)C3O)C1. The van der Waals surface area contributed by atoms with Crippen molar-refractivity contribution >= 4 is 17.7 Å². The van der Waals surface area contributed by atoms with Crippen molar-refractivity contribution in [3.63, 3.8) is 0 Å². The fourth-order valence-electron chi connectivity index (χ4n) is 7.27. The van der Waals surface area contributed by atoms with Gasteiger partial charge in [-0.05, 0) is 75.3 Å². The number of aliphatic hydroxyl groups excluding tert-OH is 3. The second-order valence-electron chi connectivity index (χ2n) is 12.8. The highest BCUT2D eigenvalue weighted by molar-refractivity contribution is 7.99. The fraction of sp³-hybridized carbons (Fsp3) is 0.897. The van der Waals surface area contributed by atoms with Crippen LogP contribution in [-0.2, 0) is 14.3 Å². The number of fused-ring (bicyclic) bond motifs is 3. The van der Waals surface area contributed by atoms with Crippen LogP contribution in [0.5, 0.6) is 0 Å². The van der Waals surface area contributed by atoms with E-state index in [4.69, 9.17) is 9.47 Å². The molecule has 10 heteroatoms. The van der Waals surface area contributed by atoms with E-state index in [2.05, 4.69) is 41.5 Å². The Morgan fingerprint density at radius 3 is 2.72 bits per heavy atom. The maximum Gasteiger partial charge on any atom is 0.240 e. The summed E-state index contributed by atoms with van der Waals surface area (Å²) in [7, 11) is 0. The maximum absolute atomic E-state index is 13.7. The molecular weight excluding hydrogens is 518 g/mol. The number of amides is 1. The number of rotatable bonds is 6. The van der Waals surface area contributed by atoms with Gasteiger partial charge in [0.1, 0.15) is 35.9 Å². The van der Waals surface area contributed by atoms with Crippen LogP contribution in [0.1, 0.15) is 52.4 Å². The van der Waals surface area contributed by atoms with E-state index in [1.54, 1.807) is 0 Å². The minimum absolute atomic E-state index is 0.158. The first-order chi connectivity index (χ1) is 18.8. The summed E-state index contributed by atoms with van der Waals surface area (Å²) in [4.78, 5) is 16.1. The summed E-state index contributed by atoms with van der Waals surface area (Å²) in [6.07, 6.45) is 5.69. The van der Waals surface area contributed by atoms with E-state index in [-0.39, 0.29) is 17.9 Å². The van der Waals surface area contributed by atoms with Gasteiger partial charge in [-0.3, -0.25) is 4.79 Å². The molecule has 39 heavy (non-hydrogen) atoms. The van der Waals surface area contributed by atoms with E-state index >= 15 is 0 Å². The number of nitrogens with one attached hydrogen (secondary N) is 2. The highest BCUT2D eigenvalue weighted by atomic mass is 32.2. The number of nitrogens with zero attached hydrogens (tertiary/aromatic N) is 1. The van der Waals surface area contributed by atoms with E-state index in [9.17, 15) is 20.1 Å². The van der Waals surface area contributed by atoms with E-state index < -0.39 is 41.9 Å². The lowest BCUT2D eigenvalue weighted by Gasteiger charge is -2.44. The summed E-state index contributed by atoms with van der Waals surface area (Å²) in [6.45, 7) is 9.11. The first kappa shape index (κ1) is 29.8. The molecule has 6 unspecified atom stereocenters. The van der Waals surface area contributed by atoms with Crippen molar-refractivity contribution in [2.24, 2.45) is 23.7 Å². The number of carbonyl (C=O) groups excluding carboxylic acids is 1. The van der Waals surface area contributed by atoms with Crippen LogP contribution in [0.3, 0.4) is 0 Å². The number of hydrogen-bond donors (Lipinski definition) is 5. The molecule has 9 nitrogen and oxygen atoms in total. The van der Waals surface area contributed by atoms with Gasteiger partial charge in [-0.1, -0.05) is 26.0 Å². The normalized spacial score (nSPS) is 44.5. The van der Waals surface area contributed by atoms with Crippen molar-refractivity contribution in [1.29, 1.82) is 0 Å². The summed E-state index contributed by atoms with van der Waals surface area (Å²) in [6, 6.07) is -1.00. The highest BCUT2D eigenvalue weighted by Crippen LogP contribution is 2.35. The number of likely N-dealkylation sites (tertiary alicyclic amines) is 1. The zero-order valence-electron chi connectivity index (χ0n) is 23.5. The van der Waals surface area contributed by atoms with Gasteiger partial charge in [0.05, 0.1) is 12.1 Å². The van der Waals surface area contributed by atoms with Crippen LogP contribution in [0.25, 0.3) is 0 Å². The van der Waals surface area contributed by atoms with E-state index in [0.29, 0.717) is 30.8 Å². The molecule has 0 saturated carbocycles. The van der Waals surface area contributed by atoms with Gasteiger partial charge >= 0.3 is 0 Å². The third-order valence-electron chi connectivity index (χ3n) is 9.25. The third-order valence-corrected chi connectivity index (χ3v) is 10.6. The molecule has 5 aliphatic rings. The van der Waals surface area contributed by atoms with Gasteiger partial charge < -0.3 is 40.3 Å². The fourth-order valence-corrected chi connectivity index (χ4v) is 8.48. The van der Waals surface area contributed by atoms with Crippen LogP contribution in [0.15, 0.2) is 12.2 Å². The molecule has 222 valence electrons. The molecule has 0 aromatic rings. The second-order valence-corrected chi connectivity index (χ2v) is 14.0. The van der Waals surface area contributed by atoms with Gasteiger partial charge in [-0.2, -0.15) is 0 Å². The molecule has 5 N–H and O–H groups in total. The summed E-state index contributed by atoms with van der Waals surface area (Å²) >= 11 is 1.48. The lowest BCUT2D eigenvalue weighted by atomic mass is 9.85. The van der Waals surface area contributed by atoms with Crippen molar-refractivity contribution in [2.75, 3.05) is 38.5 Å². The molecule has 5 rings (SSSR count). The van der Waals surface area contributed by atoms with Crippen LogP contribution in [0, 0.1) is 23.7 Å². The van der Waals surface area contributed by atoms with Crippen molar-refractivity contribution in [3.8, 4) is 0 Å². The maximum atomic E-state index is 13.7. The van der Waals surface area contributed by atoms with Gasteiger partial charge in [0.15, 0.2) is 0 Å². The Morgan fingerprint density at radius 2 is 1.95 bits per heavy atom. The Labute approximate surface area is 237 Å². The number of hydrogen-bond acceptors (Lipinski definition) is 9. The largest absolute Gasteiger partial charge is 0.388 e. The van der Waals surface area contributed by atoms with Crippen LogP contribution in [0.4, 0.5) is 0 Å². The Hall–Kier alpha value is -0.720. The van der Waals surface area contributed by atoms with E-state index in [1.807, 2.05) is 0 Å². The topological polar surface area (TPSA) is 124 Å². The number of thioether (sulfide) groups is 1. The van der Waals surface area contributed by atoms with Crippen molar-refractivity contribution < 1.29 is 29.6 Å². The third kappa shape index (κ3) is 7.20. The standard InChI is InChI=1S/C29H49N3O6S/c1-17(2)12-18-8-11-37-26-20(13-18)14-30-22(26)28(36)31-21-7-5-6-19(15-32-9-3-4-10-32)16-39-29-25(35)23(33)24(34)27(21)38-29/h5-6,17-27,29-30,33-35H,3-4,7-16H2,1-2H3,(H,31,36)/b6-5-/t18-,19?,20-,21+,22-,23?,24?,25?,26+,27?,29?/m0/s1. The Kier molecular flexibility index (Phi) is 10.3. The first-order valence-electron chi connectivity index (χ1n) is 15.2. The molecule has 11 atom stereocenters. The van der Waals surface area contributed by atoms with Gasteiger partial charge in [-0.15, -0.1) is 11.8 Å². The number of carbonyl (C=O) groups is 1. The molecule has 1 amide bonds. The molecular formula is C29H49N3O6S. The summed E-state index contributed by atoms with van der Waals surface area (Å²) in [5.74, 6) is 2.44. The quantitative estimate of drug-likeness (QED) is 0.301. The molecule has 5 heterocycles. The van der Waals surface area contributed by atoms with Crippen molar-refractivity contribution in [2.45, 2.75) is 100 Å². The number of ether oxygens (including phenoxy) is 2. The van der Waals surface area contributed by atoms with E-state index in [1.165, 1.54) is 31.0 Å². The Morgan fingerprint density at radius 1 is 1.15 bits per heavy atom. The molecule has 0 aromatic heterocycles. The van der Waals surface area contributed by atoms with Gasteiger partial charge in [0.25, 0.3) is 0 Å². The zero-order chi connectivity index (χ0) is 27.5. The van der Waals surface area contributed by atoms with Gasteiger partial charge in [0, 0.05) is 25.4 Å². The summed E-state index contributed by atoms with van der Waals surface area (Å²) < 4.78 is 12.5. The average Bonchev–Trinajstić information content (AvgIpc) is 3.51. The minimum atomic E-state index is -1.34. The average molecular weight is 568 g/mol. The summed E-state index contributed by atoms with van der Waals surface area (Å²) in [5.41, 5.74) is -0.669. The zero-order valence-corrected chi connectivity index (χ0v) is 24.3. The predicted octanol–water partition coefficient (Wildman–Crippen LogP) is 1.11.